The van der Waals surface area contributed by atoms with E-state index < -0.39 is 0 Å². The van der Waals surface area contributed by atoms with Gasteiger partial charge in [-0.1, -0.05) is 0 Å². The molecule has 0 atom stereocenters. The largest absolute Gasteiger partial charge is 0.457 e. The number of imidazole rings is 2. The quantitative estimate of drug-likeness (QED) is 0.110. The van der Waals surface area contributed by atoms with Crippen LogP contribution in [0.2, 0.25) is 0 Å². The summed E-state index contributed by atoms with van der Waals surface area (Å²) in [6, 6.07) is 27.9. The van der Waals surface area contributed by atoms with Crippen LogP contribution in [0, 0.1) is 10.8 Å². The highest BCUT2D eigenvalue weighted by Crippen LogP contribution is 2.29. The monoisotopic (exact) mass is 622 g/mol. The van der Waals surface area contributed by atoms with Gasteiger partial charge in [-0.25, -0.2) is 9.97 Å². The van der Waals surface area contributed by atoms with Crippen molar-refractivity contribution in [2.24, 2.45) is 0 Å². The number of amidine groups is 2. The van der Waals surface area contributed by atoms with Gasteiger partial charge in [0.2, 0.25) is 0 Å². The van der Waals surface area contributed by atoms with E-state index in [-0.39, 0.29) is 0 Å². The molecule has 2 aromatic heterocycles. The van der Waals surface area contributed by atoms with Crippen LogP contribution in [-0.2, 0) is 0 Å². The zero-order chi connectivity index (χ0) is 31.7. The molecule has 0 aliphatic carbocycles. The van der Waals surface area contributed by atoms with Crippen LogP contribution in [0.4, 0.5) is 0 Å². The van der Waals surface area contributed by atoms with E-state index in [1.807, 2.05) is 84.9 Å². The van der Waals surface area contributed by atoms with Crippen LogP contribution in [0.25, 0.3) is 44.8 Å². The molecule has 9 nitrogen and oxygen atoms in total. The Morgan fingerprint density at radius 2 is 0.936 bits per heavy atom. The minimum absolute atomic E-state index is 0.586. The lowest BCUT2D eigenvalue weighted by molar-refractivity contribution is 0.341. The van der Waals surface area contributed by atoms with Gasteiger partial charge in [-0.05, 0) is 123 Å². The van der Waals surface area contributed by atoms with Crippen LogP contribution < -0.4 is 4.74 Å². The number of piperidine rings is 2. The molecule has 236 valence electrons. The van der Waals surface area contributed by atoms with Gasteiger partial charge in [0.1, 0.15) is 34.8 Å². The Bertz CT molecular complexity index is 1910. The van der Waals surface area contributed by atoms with Crippen LogP contribution in [0.5, 0.6) is 11.5 Å². The fourth-order valence-corrected chi connectivity index (χ4v) is 6.68. The third-order valence-electron chi connectivity index (χ3n) is 9.35. The molecule has 47 heavy (non-hydrogen) atoms. The first kappa shape index (κ1) is 29.0. The van der Waals surface area contributed by atoms with Crippen molar-refractivity contribution < 1.29 is 4.74 Å². The Kier molecular flexibility index (Phi) is 7.65. The smallest absolute Gasteiger partial charge is 0.138 e. The molecule has 4 aromatic carbocycles. The highest BCUT2D eigenvalue weighted by atomic mass is 16.5. The summed E-state index contributed by atoms with van der Waals surface area (Å²) in [5.41, 5.74) is 7.39. The van der Waals surface area contributed by atoms with E-state index in [1.54, 1.807) is 0 Å². The summed E-state index contributed by atoms with van der Waals surface area (Å²) < 4.78 is 6.16. The number of nitrogens with zero attached hydrogens (tertiary/aromatic N) is 4. The normalized spacial score (nSPS) is 15.3. The van der Waals surface area contributed by atoms with Crippen LogP contribution in [0.3, 0.4) is 0 Å². The Balaban J connectivity index is 0.932. The average Bonchev–Trinajstić information content (AvgIpc) is 3.76. The van der Waals surface area contributed by atoms with Crippen molar-refractivity contribution in [2.75, 3.05) is 26.2 Å². The average molecular weight is 623 g/mol. The topological polar surface area (TPSA) is 121 Å². The molecule has 2 aliphatic heterocycles. The number of rotatable bonds is 6. The van der Waals surface area contributed by atoms with Gasteiger partial charge in [0.15, 0.2) is 0 Å². The fourth-order valence-electron chi connectivity index (χ4n) is 6.68. The number of nitrogens with one attached hydrogen (secondary N) is 4. The molecular weight excluding hydrogens is 584 g/mol. The Labute approximate surface area is 273 Å². The number of fused-ring (bicyclic) bond motifs is 2. The Morgan fingerprint density at radius 3 is 1.34 bits per heavy atom. The second kappa shape index (κ2) is 12.4. The van der Waals surface area contributed by atoms with Crippen LogP contribution >= 0.6 is 0 Å². The molecule has 0 bridgehead atoms. The maximum Gasteiger partial charge on any atom is 0.138 e. The second-order valence-electron chi connectivity index (χ2n) is 12.6. The highest BCUT2D eigenvalue weighted by Gasteiger charge is 2.18. The van der Waals surface area contributed by atoms with Crippen LogP contribution in [-0.4, -0.2) is 67.6 Å². The lowest BCUT2D eigenvalue weighted by atomic mass is 10.1. The predicted molar refractivity (Wildman–Crippen MR) is 188 cm³/mol. The molecule has 4 N–H and O–H groups in total. The van der Waals surface area contributed by atoms with Crippen LogP contribution in [0.15, 0.2) is 84.9 Å². The maximum absolute atomic E-state index is 8.68. The zero-order valence-corrected chi connectivity index (χ0v) is 26.4. The van der Waals surface area contributed by atoms with E-state index in [9.17, 15) is 0 Å². The molecule has 9 heteroatoms. The first-order valence-electron chi connectivity index (χ1n) is 16.6. The standard InChI is InChI=1S/C38H38N8O/c39-35(45-19-3-1-4-20-45)27-11-17-31-33(23-27)43-37(41-31)25-7-13-29(14-8-25)47-30-15-9-26(10-16-30)38-42-32-18-12-28(24-34(32)44-38)36(40)46-21-5-2-6-22-46/h7-18,23-24,39-40H,1-6,19-22H2,(H,41,43)(H,42,44). The fraction of sp³-hybridized carbons (Fsp3) is 0.263. The van der Waals surface area contributed by atoms with Crippen molar-refractivity contribution in [2.45, 2.75) is 38.5 Å². The number of hydrogen-bond acceptors (Lipinski definition) is 5. The summed E-state index contributed by atoms with van der Waals surface area (Å²) in [4.78, 5) is 20.9. The number of H-pyrrole nitrogens is 2. The van der Waals surface area contributed by atoms with Crippen molar-refractivity contribution in [1.29, 1.82) is 10.8 Å². The van der Waals surface area contributed by atoms with E-state index in [1.165, 1.54) is 12.8 Å². The summed E-state index contributed by atoms with van der Waals surface area (Å²) in [7, 11) is 0. The number of likely N-dealkylation sites (tertiary alicyclic amines) is 2. The Hall–Kier alpha value is -5.44. The third-order valence-corrected chi connectivity index (χ3v) is 9.35. The summed E-state index contributed by atoms with van der Waals surface area (Å²) in [5, 5.41) is 17.4. The van der Waals surface area contributed by atoms with Crippen molar-refractivity contribution >= 4 is 33.7 Å². The van der Waals surface area contributed by atoms with E-state index in [0.717, 1.165) is 119 Å². The van der Waals surface area contributed by atoms with Gasteiger partial charge >= 0.3 is 0 Å². The molecule has 4 heterocycles. The van der Waals surface area contributed by atoms with Crippen molar-refractivity contribution in [3.63, 3.8) is 0 Å². The summed E-state index contributed by atoms with van der Waals surface area (Å²) >= 11 is 0. The number of hydrogen-bond donors (Lipinski definition) is 4. The minimum Gasteiger partial charge on any atom is -0.457 e. The van der Waals surface area contributed by atoms with Gasteiger partial charge in [-0.2, -0.15) is 0 Å². The summed E-state index contributed by atoms with van der Waals surface area (Å²) in [6.45, 7) is 3.82. The number of aromatic amines is 2. The van der Waals surface area contributed by atoms with Gasteiger partial charge < -0.3 is 24.5 Å². The van der Waals surface area contributed by atoms with Crippen LogP contribution in [0.1, 0.15) is 49.7 Å². The lowest BCUT2D eigenvalue weighted by Gasteiger charge is -2.29. The van der Waals surface area contributed by atoms with Gasteiger partial charge in [-0.3, -0.25) is 10.8 Å². The SMILES string of the molecule is N=C(c1ccc2[nH]c(-c3ccc(Oc4ccc(-c5nc6cc(C(=N)N7CCCCC7)ccc6[nH]5)cc4)cc3)nc2c1)N1CCCCC1. The maximum atomic E-state index is 8.68. The van der Waals surface area contributed by atoms with E-state index in [0.29, 0.717) is 11.7 Å². The molecule has 0 saturated carbocycles. The molecule has 2 fully saturated rings. The summed E-state index contributed by atoms with van der Waals surface area (Å²) in [6.07, 6.45) is 7.10. The number of ether oxygens (including phenoxy) is 1. The molecule has 8 rings (SSSR count). The lowest BCUT2D eigenvalue weighted by Crippen LogP contribution is -2.35. The second-order valence-corrected chi connectivity index (χ2v) is 12.6. The van der Waals surface area contributed by atoms with Gasteiger partial charge in [0.25, 0.3) is 0 Å². The molecule has 2 aliphatic rings. The molecule has 0 amide bonds. The molecule has 0 unspecified atom stereocenters. The molecule has 6 aromatic rings. The molecule has 0 spiro atoms. The van der Waals surface area contributed by atoms with E-state index >= 15 is 0 Å². The van der Waals surface area contributed by atoms with Crippen molar-refractivity contribution in [3.05, 3.63) is 96.1 Å². The predicted octanol–water partition coefficient (Wildman–Crippen LogP) is 8.19. The van der Waals surface area contributed by atoms with Crippen molar-refractivity contribution in [1.82, 2.24) is 29.7 Å². The first-order valence-corrected chi connectivity index (χ1v) is 16.6. The van der Waals surface area contributed by atoms with E-state index in [2.05, 4.69) is 19.8 Å². The molecule has 2 saturated heterocycles. The minimum atomic E-state index is 0.586. The number of aromatic nitrogens is 4. The highest BCUT2D eigenvalue weighted by molar-refractivity contribution is 6.00. The first-order chi connectivity index (χ1) is 23.1. The Morgan fingerprint density at radius 1 is 0.532 bits per heavy atom. The van der Waals surface area contributed by atoms with Gasteiger partial charge in [0.05, 0.1) is 22.1 Å². The molecular formula is C38H38N8O. The van der Waals surface area contributed by atoms with Crippen molar-refractivity contribution in [3.8, 4) is 34.3 Å². The van der Waals surface area contributed by atoms with E-state index in [4.69, 9.17) is 25.5 Å². The zero-order valence-electron chi connectivity index (χ0n) is 26.4. The molecule has 0 radical (unpaired) electrons. The third kappa shape index (κ3) is 5.96. The number of benzene rings is 4. The van der Waals surface area contributed by atoms with Gasteiger partial charge in [0, 0.05) is 48.4 Å². The summed E-state index contributed by atoms with van der Waals surface area (Å²) in [5.74, 6) is 4.23. The van der Waals surface area contributed by atoms with Gasteiger partial charge in [-0.15, -0.1) is 0 Å².